The highest BCUT2D eigenvalue weighted by molar-refractivity contribution is 6.33. The van der Waals surface area contributed by atoms with Gasteiger partial charge in [0.15, 0.2) is 0 Å². The number of carbonyl (C=O) groups is 1. The fourth-order valence-electron chi connectivity index (χ4n) is 3.23. The van der Waals surface area contributed by atoms with Crippen LogP contribution in [0.3, 0.4) is 0 Å². The number of halogens is 1. The zero-order valence-corrected chi connectivity index (χ0v) is 17.0. The Labute approximate surface area is 165 Å². The molecule has 1 aromatic carbocycles. The van der Waals surface area contributed by atoms with Gasteiger partial charge < -0.3 is 14.4 Å². The van der Waals surface area contributed by atoms with E-state index in [0.717, 1.165) is 16.8 Å². The normalized spacial score (nSPS) is 17.8. The molecular formula is C20H26ClN3O3. The van der Waals surface area contributed by atoms with Gasteiger partial charge in [-0.25, -0.2) is 4.79 Å². The minimum Gasteiger partial charge on any atom is -0.444 e. The Morgan fingerprint density at radius 1 is 1.37 bits per heavy atom. The third kappa shape index (κ3) is 4.82. The quantitative estimate of drug-likeness (QED) is 0.795. The summed E-state index contributed by atoms with van der Waals surface area (Å²) in [5, 5.41) is 4.93. The third-order valence-electron chi connectivity index (χ3n) is 4.42. The van der Waals surface area contributed by atoms with Crippen LogP contribution < -0.4 is 0 Å². The van der Waals surface area contributed by atoms with Crippen molar-refractivity contribution in [1.29, 1.82) is 0 Å². The van der Waals surface area contributed by atoms with Gasteiger partial charge in [0, 0.05) is 31.8 Å². The van der Waals surface area contributed by atoms with Crippen molar-refractivity contribution in [1.82, 2.24) is 14.7 Å². The highest BCUT2D eigenvalue weighted by atomic mass is 35.5. The average Bonchev–Trinajstić information content (AvgIpc) is 2.99. The number of amides is 1. The number of nitrogens with zero attached hydrogens (tertiary/aromatic N) is 3. The predicted molar refractivity (Wildman–Crippen MR) is 105 cm³/mol. The van der Waals surface area contributed by atoms with Gasteiger partial charge in [0.05, 0.1) is 30.0 Å². The van der Waals surface area contributed by atoms with Gasteiger partial charge >= 0.3 is 6.09 Å². The number of rotatable bonds is 3. The monoisotopic (exact) mass is 391 g/mol. The molecule has 2 aromatic rings. The molecule has 1 aliphatic heterocycles. The summed E-state index contributed by atoms with van der Waals surface area (Å²) in [6.45, 7) is 7.13. The minimum absolute atomic E-state index is 0.114. The fraction of sp³-hybridized carbons (Fsp3) is 0.500. The molecule has 0 bridgehead atoms. The molecule has 1 amide bonds. The van der Waals surface area contributed by atoms with Gasteiger partial charge in [0.25, 0.3) is 0 Å². The van der Waals surface area contributed by atoms with Crippen LogP contribution in [0.4, 0.5) is 4.79 Å². The van der Waals surface area contributed by atoms with Gasteiger partial charge in [0.2, 0.25) is 0 Å². The van der Waals surface area contributed by atoms with E-state index in [2.05, 4.69) is 5.10 Å². The lowest BCUT2D eigenvalue weighted by atomic mass is 9.98. The Hall–Kier alpha value is -2.05. The zero-order chi connectivity index (χ0) is 19.6. The van der Waals surface area contributed by atoms with E-state index in [-0.39, 0.29) is 12.2 Å². The summed E-state index contributed by atoms with van der Waals surface area (Å²) in [6, 6.07) is 7.80. The number of aryl methyl sites for hydroxylation is 1. The van der Waals surface area contributed by atoms with Crippen molar-refractivity contribution in [2.45, 2.75) is 38.9 Å². The van der Waals surface area contributed by atoms with Gasteiger partial charge in [0.1, 0.15) is 5.60 Å². The lowest BCUT2D eigenvalue weighted by Gasteiger charge is -2.34. The molecule has 0 spiro atoms. The van der Waals surface area contributed by atoms with Gasteiger partial charge in [-0.15, -0.1) is 0 Å². The molecule has 6 nitrogen and oxygen atoms in total. The highest BCUT2D eigenvalue weighted by Gasteiger charge is 2.29. The molecule has 1 aliphatic rings. The number of carbonyl (C=O) groups excluding carboxylic acids is 1. The molecule has 1 aromatic heterocycles. The zero-order valence-electron chi connectivity index (χ0n) is 16.2. The van der Waals surface area contributed by atoms with Crippen molar-refractivity contribution >= 4 is 17.7 Å². The minimum atomic E-state index is -0.509. The number of hydrogen-bond acceptors (Lipinski definition) is 4. The molecule has 0 aliphatic carbocycles. The number of morpholine rings is 1. The molecule has 0 N–H and O–H groups in total. The maximum absolute atomic E-state index is 12.4. The van der Waals surface area contributed by atoms with E-state index >= 15 is 0 Å². The van der Waals surface area contributed by atoms with E-state index in [0.29, 0.717) is 31.1 Å². The Kier molecular flexibility index (Phi) is 5.77. The maximum atomic E-state index is 12.4. The van der Waals surface area contributed by atoms with Crippen LogP contribution in [0.15, 0.2) is 30.5 Å². The van der Waals surface area contributed by atoms with Crippen molar-refractivity contribution < 1.29 is 14.3 Å². The standard InChI is InChI=1S/C20H26ClN3O3/c1-20(2,3)27-19(25)24-10-11-26-15(13-24)12-14-6-5-7-16(21)18(14)17-8-9-22-23(17)4/h5-9,15H,10-13H2,1-4H3. The summed E-state index contributed by atoms with van der Waals surface area (Å²) in [6.07, 6.45) is 2.00. The van der Waals surface area contributed by atoms with E-state index in [4.69, 9.17) is 21.1 Å². The molecule has 1 fully saturated rings. The van der Waals surface area contributed by atoms with Crippen LogP contribution in [0.25, 0.3) is 11.3 Å². The van der Waals surface area contributed by atoms with Crippen molar-refractivity contribution in [2.75, 3.05) is 19.7 Å². The molecule has 1 atom stereocenters. The van der Waals surface area contributed by atoms with Crippen molar-refractivity contribution in [3.63, 3.8) is 0 Å². The topological polar surface area (TPSA) is 56.6 Å². The van der Waals surface area contributed by atoms with E-state index in [1.807, 2.05) is 52.1 Å². The first-order chi connectivity index (χ1) is 12.7. The second-order valence-electron chi connectivity index (χ2n) is 7.74. The van der Waals surface area contributed by atoms with E-state index in [1.54, 1.807) is 15.8 Å². The smallest absolute Gasteiger partial charge is 0.410 e. The summed E-state index contributed by atoms with van der Waals surface area (Å²) in [7, 11) is 1.89. The predicted octanol–water partition coefficient (Wildman–Crippen LogP) is 3.92. The molecule has 1 unspecified atom stereocenters. The summed E-state index contributed by atoms with van der Waals surface area (Å²) in [5.74, 6) is 0. The number of ether oxygens (including phenoxy) is 2. The van der Waals surface area contributed by atoms with E-state index < -0.39 is 5.60 Å². The summed E-state index contributed by atoms with van der Waals surface area (Å²) in [4.78, 5) is 14.1. The van der Waals surface area contributed by atoms with Crippen LogP contribution in [0, 0.1) is 0 Å². The molecule has 0 saturated carbocycles. The van der Waals surface area contributed by atoms with Crippen LogP contribution in [-0.4, -0.2) is 52.2 Å². The number of aromatic nitrogens is 2. The lowest BCUT2D eigenvalue weighted by Crippen LogP contribution is -2.48. The van der Waals surface area contributed by atoms with Crippen molar-refractivity contribution in [3.8, 4) is 11.3 Å². The molecule has 1 saturated heterocycles. The lowest BCUT2D eigenvalue weighted by molar-refractivity contribution is -0.0414. The van der Waals surface area contributed by atoms with Crippen LogP contribution in [0.5, 0.6) is 0 Å². The Balaban J connectivity index is 1.77. The van der Waals surface area contributed by atoms with Gasteiger partial charge in [-0.3, -0.25) is 4.68 Å². The first-order valence-electron chi connectivity index (χ1n) is 9.10. The summed E-state index contributed by atoms with van der Waals surface area (Å²) >= 11 is 6.50. The molecule has 27 heavy (non-hydrogen) atoms. The molecule has 146 valence electrons. The molecule has 3 rings (SSSR count). The second kappa shape index (κ2) is 7.90. The van der Waals surface area contributed by atoms with Crippen molar-refractivity contribution in [2.24, 2.45) is 7.05 Å². The second-order valence-corrected chi connectivity index (χ2v) is 8.14. The summed E-state index contributed by atoms with van der Waals surface area (Å²) < 4.78 is 13.2. The Morgan fingerprint density at radius 2 is 2.15 bits per heavy atom. The molecule has 7 heteroatoms. The van der Waals surface area contributed by atoms with Gasteiger partial charge in [-0.1, -0.05) is 23.7 Å². The fourth-order valence-corrected chi connectivity index (χ4v) is 3.52. The highest BCUT2D eigenvalue weighted by Crippen LogP contribution is 2.32. The first kappa shape index (κ1) is 19.7. The van der Waals surface area contributed by atoms with Gasteiger partial charge in [-0.2, -0.15) is 5.10 Å². The average molecular weight is 392 g/mol. The first-order valence-corrected chi connectivity index (χ1v) is 9.47. The molecule has 2 heterocycles. The third-order valence-corrected chi connectivity index (χ3v) is 4.73. The van der Waals surface area contributed by atoms with Crippen LogP contribution in [0.2, 0.25) is 5.02 Å². The van der Waals surface area contributed by atoms with E-state index in [1.165, 1.54) is 0 Å². The SMILES string of the molecule is Cn1nccc1-c1c(Cl)cccc1CC1CN(C(=O)OC(C)(C)C)CCO1. The van der Waals surface area contributed by atoms with Crippen LogP contribution in [0.1, 0.15) is 26.3 Å². The Bertz CT molecular complexity index is 813. The number of hydrogen-bond donors (Lipinski definition) is 0. The largest absolute Gasteiger partial charge is 0.444 e. The van der Waals surface area contributed by atoms with Crippen molar-refractivity contribution in [3.05, 3.63) is 41.0 Å². The number of benzene rings is 1. The Morgan fingerprint density at radius 3 is 2.81 bits per heavy atom. The van der Waals surface area contributed by atoms with E-state index in [9.17, 15) is 4.79 Å². The van der Waals surface area contributed by atoms with Crippen LogP contribution >= 0.6 is 11.6 Å². The van der Waals surface area contributed by atoms with Gasteiger partial charge in [-0.05, 0) is 38.5 Å². The molecular weight excluding hydrogens is 366 g/mol. The van der Waals surface area contributed by atoms with Crippen LogP contribution in [-0.2, 0) is 22.9 Å². The molecule has 0 radical (unpaired) electrons. The maximum Gasteiger partial charge on any atom is 0.410 e. The summed E-state index contributed by atoms with van der Waals surface area (Å²) in [5.41, 5.74) is 2.47.